The molecule has 0 radical (unpaired) electrons. The molecular weight excluding hydrogens is 324 g/mol. The summed E-state index contributed by atoms with van der Waals surface area (Å²) in [4.78, 5) is 2.41. The minimum atomic E-state index is -2.86. The Kier molecular flexibility index (Phi) is 5.79. The summed E-state index contributed by atoms with van der Waals surface area (Å²) in [6.45, 7) is 3.95. The Balaban J connectivity index is 1.70. The Hall–Kier alpha value is -1.11. The van der Waals surface area contributed by atoms with Crippen molar-refractivity contribution >= 4 is 9.84 Å². The number of hydrogen-bond acceptors (Lipinski definition) is 5. The number of methoxy groups -OCH3 is 1. The molecular formula is C18H28N2O3S. The summed E-state index contributed by atoms with van der Waals surface area (Å²) in [6.07, 6.45) is 3.13. The fraction of sp³-hybridized carbons (Fsp3) is 0.667. The van der Waals surface area contributed by atoms with Crippen molar-refractivity contribution < 1.29 is 13.2 Å². The molecule has 1 aromatic carbocycles. The van der Waals surface area contributed by atoms with E-state index in [2.05, 4.69) is 22.3 Å². The van der Waals surface area contributed by atoms with Crippen LogP contribution < -0.4 is 10.1 Å². The van der Waals surface area contributed by atoms with Crippen LogP contribution in [-0.2, 0) is 16.4 Å². The SMILES string of the molecule is COc1ccc(CN(CC2CCNCC2)C2CCS(=O)(=O)C2)cc1. The average molecular weight is 353 g/mol. The van der Waals surface area contributed by atoms with Gasteiger partial charge in [0, 0.05) is 19.1 Å². The van der Waals surface area contributed by atoms with Crippen LogP contribution in [0.25, 0.3) is 0 Å². The molecule has 134 valence electrons. The van der Waals surface area contributed by atoms with Crippen LogP contribution in [-0.4, -0.2) is 57.6 Å². The summed E-state index contributed by atoms with van der Waals surface area (Å²) in [5, 5.41) is 3.40. The molecule has 2 aliphatic heterocycles. The molecule has 24 heavy (non-hydrogen) atoms. The Labute approximate surface area is 145 Å². The van der Waals surface area contributed by atoms with Gasteiger partial charge in [-0.2, -0.15) is 0 Å². The highest BCUT2D eigenvalue weighted by Gasteiger charge is 2.33. The van der Waals surface area contributed by atoms with Gasteiger partial charge in [0.05, 0.1) is 18.6 Å². The maximum absolute atomic E-state index is 11.9. The third-order valence-electron chi connectivity index (χ3n) is 5.22. The van der Waals surface area contributed by atoms with Crippen LogP contribution in [0.4, 0.5) is 0 Å². The third kappa shape index (κ3) is 4.71. The van der Waals surface area contributed by atoms with Gasteiger partial charge in [-0.15, -0.1) is 0 Å². The maximum Gasteiger partial charge on any atom is 0.151 e. The minimum absolute atomic E-state index is 0.159. The second kappa shape index (κ2) is 7.85. The number of benzene rings is 1. The molecule has 2 fully saturated rings. The molecule has 1 N–H and O–H groups in total. The lowest BCUT2D eigenvalue weighted by atomic mass is 9.96. The van der Waals surface area contributed by atoms with Gasteiger partial charge in [-0.1, -0.05) is 12.1 Å². The molecule has 2 saturated heterocycles. The molecule has 5 nitrogen and oxygen atoms in total. The topological polar surface area (TPSA) is 58.6 Å². The fourth-order valence-corrected chi connectivity index (χ4v) is 5.53. The molecule has 1 atom stereocenters. The highest BCUT2D eigenvalue weighted by atomic mass is 32.2. The highest BCUT2D eigenvalue weighted by Crippen LogP contribution is 2.24. The quantitative estimate of drug-likeness (QED) is 0.844. The maximum atomic E-state index is 11.9. The first-order chi connectivity index (χ1) is 11.6. The van der Waals surface area contributed by atoms with Crippen LogP contribution in [0.2, 0.25) is 0 Å². The molecule has 1 unspecified atom stereocenters. The van der Waals surface area contributed by atoms with Crippen molar-refractivity contribution in [2.75, 3.05) is 38.2 Å². The number of rotatable bonds is 6. The molecule has 0 amide bonds. The molecule has 0 bridgehead atoms. The van der Waals surface area contributed by atoms with Crippen molar-refractivity contribution in [1.29, 1.82) is 0 Å². The first-order valence-corrected chi connectivity index (χ1v) is 10.7. The predicted octanol–water partition coefficient (Wildman–Crippen LogP) is 1.68. The zero-order chi connectivity index (χ0) is 17.0. The lowest BCUT2D eigenvalue weighted by Gasteiger charge is -2.33. The smallest absolute Gasteiger partial charge is 0.151 e. The summed E-state index contributed by atoms with van der Waals surface area (Å²) in [5.41, 5.74) is 1.22. The average Bonchev–Trinajstić information content (AvgIpc) is 2.96. The normalized spacial score (nSPS) is 24.3. The Morgan fingerprint density at radius 3 is 2.46 bits per heavy atom. The van der Waals surface area contributed by atoms with Crippen LogP contribution in [0.1, 0.15) is 24.8 Å². The molecule has 0 aliphatic carbocycles. The molecule has 2 heterocycles. The van der Waals surface area contributed by atoms with Crippen molar-refractivity contribution in [2.24, 2.45) is 5.92 Å². The van der Waals surface area contributed by atoms with Crippen molar-refractivity contribution in [2.45, 2.75) is 31.8 Å². The third-order valence-corrected chi connectivity index (χ3v) is 6.97. The van der Waals surface area contributed by atoms with E-state index < -0.39 is 9.84 Å². The van der Waals surface area contributed by atoms with E-state index in [9.17, 15) is 8.42 Å². The van der Waals surface area contributed by atoms with Gasteiger partial charge < -0.3 is 10.1 Å². The second-order valence-corrected chi connectivity index (χ2v) is 9.26. The van der Waals surface area contributed by atoms with Gasteiger partial charge in [0.2, 0.25) is 0 Å². The summed E-state index contributed by atoms with van der Waals surface area (Å²) < 4.78 is 29.1. The standard InChI is InChI=1S/C18H28N2O3S/c1-23-18-4-2-15(3-5-18)12-20(13-16-6-9-19-10-7-16)17-8-11-24(21,22)14-17/h2-5,16-17,19H,6-14H2,1H3. The van der Waals surface area contributed by atoms with E-state index >= 15 is 0 Å². The number of nitrogens with zero attached hydrogens (tertiary/aromatic N) is 1. The van der Waals surface area contributed by atoms with Crippen molar-refractivity contribution in [3.05, 3.63) is 29.8 Å². The number of piperidine rings is 1. The Morgan fingerprint density at radius 2 is 1.88 bits per heavy atom. The lowest BCUT2D eigenvalue weighted by molar-refractivity contribution is 0.155. The molecule has 2 aliphatic rings. The predicted molar refractivity (Wildman–Crippen MR) is 96.1 cm³/mol. The molecule has 0 aromatic heterocycles. The van der Waals surface area contributed by atoms with E-state index in [1.54, 1.807) is 7.11 Å². The summed E-state index contributed by atoms with van der Waals surface area (Å²) in [6, 6.07) is 8.27. The monoisotopic (exact) mass is 352 g/mol. The van der Waals surface area contributed by atoms with Crippen molar-refractivity contribution in [1.82, 2.24) is 10.2 Å². The lowest BCUT2D eigenvalue weighted by Crippen LogP contribution is -2.41. The Morgan fingerprint density at radius 1 is 1.17 bits per heavy atom. The largest absolute Gasteiger partial charge is 0.497 e. The van der Waals surface area contributed by atoms with Gasteiger partial charge in [-0.3, -0.25) is 4.90 Å². The Bertz CT molecular complexity index is 624. The summed E-state index contributed by atoms with van der Waals surface area (Å²) in [5.74, 6) is 2.16. The van der Waals surface area contributed by atoms with Gasteiger partial charge in [0.25, 0.3) is 0 Å². The number of nitrogens with one attached hydrogen (secondary N) is 1. The van der Waals surface area contributed by atoms with E-state index in [-0.39, 0.29) is 6.04 Å². The summed E-state index contributed by atoms with van der Waals surface area (Å²) >= 11 is 0. The second-order valence-electron chi connectivity index (χ2n) is 7.03. The van der Waals surface area contributed by atoms with Gasteiger partial charge >= 0.3 is 0 Å². The fourth-order valence-electron chi connectivity index (χ4n) is 3.77. The molecule has 0 saturated carbocycles. The first-order valence-electron chi connectivity index (χ1n) is 8.84. The zero-order valence-corrected chi connectivity index (χ0v) is 15.2. The van der Waals surface area contributed by atoms with Crippen LogP contribution in [0.15, 0.2) is 24.3 Å². The molecule has 6 heteroatoms. The van der Waals surface area contributed by atoms with Gasteiger partial charge in [-0.25, -0.2) is 8.42 Å². The van der Waals surface area contributed by atoms with E-state index in [1.165, 1.54) is 18.4 Å². The van der Waals surface area contributed by atoms with Crippen LogP contribution in [0.3, 0.4) is 0 Å². The number of hydrogen-bond donors (Lipinski definition) is 1. The number of ether oxygens (including phenoxy) is 1. The van der Waals surface area contributed by atoms with Crippen LogP contribution in [0, 0.1) is 5.92 Å². The summed E-state index contributed by atoms with van der Waals surface area (Å²) in [7, 11) is -1.19. The van der Waals surface area contributed by atoms with E-state index in [1.807, 2.05) is 12.1 Å². The molecule has 1 aromatic rings. The minimum Gasteiger partial charge on any atom is -0.497 e. The molecule has 0 spiro atoms. The number of sulfone groups is 1. The zero-order valence-electron chi connectivity index (χ0n) is 14.4. The van der Waals surface area contributed by atoms with Gasteiger partial charge in [-0.05, 0) is 56.0 Å². The van der Waals surface area contributed by atoms with Crippen LogP contribution in [0.5, 0.6) is 5.75 Å². The van der Waals surface area contributed by atoms with Gasteiger partial charge in [0.15, 0.2) is 9.84 Å². The first kappa shape index (κ1) is 17.7. The van der Waals surface area contributed by atoms with Gasteiger partial charge in [0.1, 0.15) is 5.75 Å². The van der Waals surface area contributed by atoms with E-state index in [0.29, 0.717) is 17.4 Å². The van der Waals surface area contributed by atoms with Crippen LogP contribution >= 0.6 is 0 Å². The van der Waals surface area contributed by atoms with Crippen molar-refractivity contribution in [3.8, 4) is 5.75 Å². The van der Waals surface area contributed by atoms with E-state index in [4.69, 9.17) is 4.74 Å². The van der Waals surface area contributed by atoms with E-state index in [0.717, 1.165) is 38.3 Å². The molecule has 3 rings (SSSR count). The highest BCUT2D eigenvalue weighted by molar-refractivity contribution is 7.91. The van der Waals surface area contributed by atoms with Crippen molar-refractivity contribution in [3.63, 3.8) is 0 Å².